The number of allylic oxidation sites excluding steroid dienone is 2. The van der Waals surface area contributed by atoms with Crippen LogP contribution in [0.25, 0.3) is 0 Å². The van der Waals surface area contributed by atoms with Gasteiger partial charge in [-0.1, -0.05) is 12.1 Å². The second-order valence-corrected chi connectivity index (χ2v) is 7.03. The van der Waals surface area contributed by atoms with Crippen LogP contribution in [0.5, 0.6) is 0 Å². The second kappa shape index (κ2) is 10.0. The van der Waals surface area contributed by atoms with Gasteiger partial charge >= 0.3 is 11.9 Å². The van der Waals surface area contributed by atoms with Crippen LogP contribution in [0.3, 0.4) is 0 Å². The van der Waals surface area contributed by atoms with Crippen LogP contribution >= 0.6 is 0 Å². The van der Waals surface area contributed by atoms with Crippen LogP contribution in [0.2, 0.25) is 0 Å². The van der Waals surface area contributed by atoms with Crippen LogP contribution in [0.4, 0.5) is 5.69 Å². The van der Waals surface area contributed by atoms with E-state index in [1.807, 2.05) is 13.8 Å². The van der Waals surface area contributed by atoms with E-state index in [0.29, 0.717) is 17.0 Å². The van der Waals surface area contributed by atoms with E-state index >= 15 is 0 Å². The molecule has 1 atom stereocenters. The molecule has 9 nitrogen and oxygen atoms in total. The molecule has 1 aliphatic rings. The molecule has 1 unspecified atom stereocenters. The van der Waals surface area contributed by atoms with E-state index in [0.717, 1.165) is 0 Å². The molecule has 1 aromatic rings. The fraction of sp³-hybridized carbons (Fsp3) is 0.429. The third-order valence-corrected chi connectivity index (χ3v) is 4.57. The number of methoxy groups -OCH3 is 1. The van der Waals surface area contributed by atoms with E-state index in [1.165, 1.54) is 25.3 Å². The highest BCUT2D eigenvalue weighted by atomic mass is 16.6. The zero-order chi connectivity index (χ0) is 22.4. The third kappa shape index (κ3) is 5.24. The Hall–Kier alpha value is -3.20. The number of esters is 2. The van der Waals surface area contributed by atoms with Crippen molar-refractivity contribution in [2.75, 3.05) is 20.3 Å². The Morgan fingerprint density at radius 1 is 1.13 bits per heavy atom. The first-order valence-corrected chi connectivity index (χ1v) is 9.47. The summed E-state index contributed by atoms with van der Waals surface area (Å²) in [4.78, 5) is 36.2. The van der Waals surface area contributed by atoms with Crippen molar-refractivity contribution < 1.29 is 28.7 Å². The highest BCUT2D eigenvalue weighted by Crippen LogP contribution is 2.40. The minimum absolute atomic E-state index is 0.00451. The molecule has 30 heavy (non-hydrogen) atoms. The molecule has 0 bridgehead atoms. The number of carbonyl (C=O) groups is 2. The number of ether oxygens (including phenoxy) is 3. The molecule has 162 valence electrons. The Morgan fingerprint density at radius 3 is 2.33 bits per heavy atom. The molecule has 0 saturated carbocycles. The van der Waals surface area contributed by atoms with Gasteiger partial charge in [-0.05, 0) is 33.3 Å². The van der Waals surface area contributed by atoms with Crippen LogP contribution in [-0.2, 0) is 23.8 Å². The summed E-state index contributed by atoms with van der Waals surface area (Å²) in [6.07, 6.45) is -0.00451. The minimum Gasteiger partial charge on any atom is -0.466 e. The summed E-state index contributed by atoms with van der Waals surface area (Å²) in [5, 5.41) is 14.3. The number of nitrogens with zero attached hydrogens (tertiary/aromatic N) is 1. The molecule has 0 fully saturated rings. The highest BCUT2D eigenvalue weighted by Gasteiger charge is 2.38. The number of hydrogen-bond acceptors (Lipinski definition) is 8. The van der Waals surface area contributed by atoms with Gasteiger partial charge in [-0.25, -0.2) is 9.59 Å². The summed E-state index contributed by atoms with van der Waals surface area (Å²) in [5.41, 5.74) is 1.63. The van der Waals surface area contributed by atoms with Crippen molar-refractivity contribution in [2.45, 2.75) is 39.7 Å². The van der Waals surface area contributed by atoms with Gasteiger partial charge in [0.1, 0.15) is 6.61 Å². The summed E-state index contributed by atoms with van der Waals surface area (Å²) in [6, 6.07) is 5.82. The number of nitrogens with one attached hydrogen (secondary N) is 1. The summed E-state index contributed by atoms with van der Waals surface area (Å²) in [6.45, 7) is 7.36. The smallest absolute Gasteiger partial charge is 0.336 e. The number of rotatable bonds is 8. The summed E-state index contributed by atoms with van der Waals surface area (Å²) in [7, 11) is 1.24. The van der Waals surface area contributed by atoms with Crippen molar-refractivity contribution in [1.82, 2.24) is 5.32 Å². The summed E-state index contributed by atoms with van der Waals surface area (Å²) >= 11 is 0. The molecule has 1 heterocycles. The van der Waals surface area contributed by atoms with Gasteiger partial charge in [-0.3, -0.25) is 10.1 Å². The fourth-order valence-corrected chi connectivity index (χ4v) is 3.29. The molecule has 1 aromatic carbocycles. The van der Waals surface area contributed by atoms with Crippen molar-refractivity contribution >= 4 is 17.6 Å². The number of non-ortho nitro benzene ring substituents is 1. The number of hydrogen-bond donors (Lipinski definition) is 1. The van der Waals surface area contributed by atoms with Crippen LogP contribution in [-0.4, -0.2) is 43.3 Å². The van der Waals surface area contributed by atoms with Crippen molar-refractivity contribution in [1.29, 1.82) is 0 Å². The van der Waals surface area contributed by atoms with E-state index in [1.54, 1.807) is 19.9 Å². The van der Waals surface area contributed by atoms with Crippen LogP contribution in [0, 0.1) is 10.1 Å². The van der Waals surface area contributed by atoms with Gasteiger partial charge in [0.15, 0.2) is 0 Å². The minimum atomic E-state index is -0.878. The van der Waals surface area contributed by atoms with Gasteiger partial charge in [-0.15, -0.1) is 0 Å². The molecule has 2 rings (SSSR count). The molecule has 1 aliphatic heterocycles. The van der Waals surface area contributed by atoms with E-state index in [9.17, 15) is 19.7 Å². The normalized spacial score (nSPS) is 16.4. The summed E-state index contributed by atoms with van der Waals surface area (Å²) in [5.74, 6) is -2.16. The largest absolute Gasteiger partial charge is 0.466 e. The molecule has 9 heteroatoms. The topological polar surface area (TPSA) is 117 Å². The molecule has 0 amide bonds. The molecular weight excluding hydrogens is 392 g/mol. The lowest BCUT2D eigenvalue weighted by atomic mass is 9.80. The maximum absolute atomic E-state index is 12.9. The second-order valence-electron chi connectivity index (χ2n) is 7.03. The van der Waals surface area contributed by atoms with E-state index in [4.69, 9.17) is 14.2 Å². The Kier molecular flexibility index (Phi) is 7.71. The predicted molar refractivity (Wildman–Crippen MR) is 108 cm³/mol. The molecule has 0 radical (unpaired) electrons. The fourth-order valence-electron chi connectivity index (χ4n) is 3.29. The van der Waals surface area contributed by atoms with Gasteiger partial charge < -0.3 is 19.5 Å². The first kappa shape index (κ1) is 23.1. The van der Waals surface area contributed by atoms with Crippen molar-refractivity contribution in [2.24, 2.45) is 0 Å². The third-order valence-electron chi connectivity index (χ3n) is 4.57. The van der Waals surface area contributed by atoms with E-state index in [-0.39, 0.29) is 36.2 Å². The van der Waals surface area contributed by atoms with Crippen LogP contribution in [0.15, 0.2) is 46.8 Å². The van der Waals surface area contributed by atoms with Gasteiger partial charge in [0.05, 0.1) is 41.8 Å². The van der Waals surface area contributed by atoms with Crippen LogP contribution in [0.1, 0.15) is 39.2 Å². The number of nitro benzene ring substituents is 1. The van der Waals surface area contributed by atoms with Gasteiger partial charge in [-0.2, -0.15) is 0 Å². The van der Waals surface area contributed by atoms with Crippen molar-refractivity contribution in [3.05, 3.63) is 62.5 Å². The SMILES string of the molecule is COC(=O)C1=C(C)NC(C)=C(C(=O)OCCOC(C)C)C1c1cccc([N+](=O)[O-])c1. The quantitative estimate of drug-likeness (QED) is 0.296. The Morgan fingerprint density at radius 2 is 1.77 bits per heavy atom. The lowest BCUT2D eigenvalue weighted by molar-refractivity contribution is -0.384. The Bertz CT molecular complexity index is 902. The number of benzene rings is 1. The van der Waals surface area contributed by atoms with Crippen LogP contribution < -0.4 is 5.32 Å². The summed E-state index contributed by atoms with van der Waals surface area (Å²) < 4.78 is 15.7. The maximum atomic E-state index is 12.9. The average Bonchev–Trinajstić information content (AvgIpc) is 2.69. The molecule has 0 aliphatic carbocycles. The average molecular weight is 418 g/mol. The molecular formula is C21H26N2O7. The number of carbonyl (C=O) groups excluding carboxylic acids is 2. The number of nitro groups is 1. The van der Waals surface area contributed by atoms with Crippen molar-refractivity contribution in [3.63, 3.8) is 0 Å². The zero-order valence-electron chi connectivity index (χ0n) is 17.7. The Balaban J connectivity index is 2.48. The highest BCUT2D eigenvalue weighted by molar-refractivity contribution is 5.99. The lowest BCUT2D eigenvalue weighted by Crippen LogP contribution is -2.32. The molecule has 0 saturated heterocycles. The monoisotopic (exact) mass is 418 g/mol. The van der Waals surface area contributed by atoms with E-state index < -0.39 is 22.8 Å². The molecule has 1 N–H and O–H groups in total. The zero-order valence-corrected chi connectivity index (χ0v) is 17.7. The first-order chi connectivity index (χ1) is 14.2. The predicted octanol–water partition coefficient (Wildman–Crippen LogP) is 2.97. The standard InChI is InChI=1S/C21H26N2O7/c1-12(2)29-9-10-30-21(25)18-14(4)22-13(3)17(20(24)28-5)19(18)15-7-6-8-16(11-15)23(26)27/h6-8,11-12,19,22H,9-10H2,1-5H3. The molecule has 0 aromatic heterocycles. The van der Waals surface area contributed by atoms with Gasteiger partial charge in [0.25, 0.3) is 5.69 Å². The first-order valence-electron chi connectivity index (χ1n) is 9.47. The van der Waals surface area contributed by atoms with Gasteiger partial charge in [0, 0.05) is 23.5 Å². The van der Waals surface area contributed by atoms with Crippen molar-refractivity contribution in [3.8, 4) is 0 Å². The van der Waals surface area contributed by atoms with E-state index in [2.05, 4.69) is 5.32 Å². The number of dihydropyridines is 1. The maximum Gasteiger partial charge on any atom is 0.336 e. The lowest BCUT2D eigenvalue weighted by Gasteiger charge is -2.30. The molecule has 0 spiro atoms. The Labute approximate surface area is 174 Å². The van der Waals surface area contributed by atoms with Gasteiger partial charge in [0.2, 0.25) is 0 Å².